The first-order valence-corrected chi connectivity index (χ1v) is 3.68. The van der Waals surface area contributed by atoms with Crippen molar-refractivity contribution < 1.29 is 14.6 Å². The monoisotopic (exact) mass is 183 g/mol. The molecule has 0 atom stereocenters. The maximum atomic E-state index is 9.97. The van der Waals surface area contributed by atoms with Crippen LogP contribution < -0.4 is 6.15 Å². The Morgan fingerprint density at radius 2 is 1.92 bits per heavy atom. The van der Waals surface area contributed by atoms with Gasteiger partial charge in [-0.05, 0) is 5.56 Å². The number of ether oxygens (including phenoxy) is 1. The van der Waals surface area contributed by atoms with Gasteiger partial charge in [0.15, 0.2) is 0 Å². The fourth-order valence-electron chi connectivity index (χ4n) is 0.901. The van der Waals surface area contributed by atoms with E-state index in [1.54, 1.807) is 0 Å². The van der Waals surface area contributed by atoms with Crippen LogP contribution in [0.3, 0.4) is 0 Å². The van der Waals surface area contributed by atoms with Gasteiger partial charge < -0.3 is 16.0 Å². The maximum absolute atomic E-state index is 9.97. The SMILES string of the molecule is N.O=C(O)OCCc1ccccc1. The van der Waals surface area contributed by atoms with Crippen LogP contribution in [0.5, 0.6) is 0 Å². The second-order valence-corrected chi connectivity index (χ2v) is 2.35. The zero-order chi connectivity index (χ0) is 8.81. The summed E-state index contributed by atoms with van der Waals surface area (Å²) in [6.07, 6.45) is -0.585. The lowest BCUT2D eigenvalue weighted by Gasteiger charge is -1.99. The van der Waals surface area contributed by atoms with Gasteiger partial charge >= 0.3 is 6.16 Å². The first-order valence-electron chi connectivity index (χ1n) is 3.68. The predicted molar refractivity (Wildman–Crippen MR) is 49.1 cm³/mol. The van der Waals surface area contributed by atoms with E-state index in [0.717, 1.165) is 5.56 Å². The molecule has 1 aromatic carbocycles. The Morgan fingerprint density at radius 1 is 1.31 bits per heavy atom. The van der Waals surface area contributed by atoms with Crippen LogP contribution in [0.15, 0.2) is 30.3 Å². The molecule has 0 aromatic heterocycles. The Balaban J connectivity index is 0.00000144. The standard InChI is InChI=1S/C9H10O3.H3N/c10-9(11)12-7-6-8-4-2-1-3-5-8;/h1-5H,6-7H2,(H,10,11);1H3. The summed E-state index contributed by atoms with van der Waals surface area (Å²) < 4.78 is 4.36. The molecule has 0 aliphatic rings. The first-order chi connectivity index (χ1) is 5.79. The fourth-order valence-corrected chi connectivity index (χ4v) is 0.901. The zero-order valence-electron chi connectivity index (χ0n) is 7.27. The highest BCUT2D eigenvalue weighted by molar-refractivity contribution is 5.56. The molecule has 0 heterocycles. The summed E-state index contributed by atoms with van der Waals surface area (Å²) in [5, 5.41) is 8.17. The minimum Gasteiger partial charge on any atom is -0.450 e. The number of carbonyl (C=O) groups is 1. The maximum Gasteiger partial charge on any atom is 0.505 e. The van der Waals surface area contributed by atoms with Crippen LogP contribution in [0, 0.1) is 0 Å². The third kappa shape index (κ3) is 4.81. The van der Waals surface area contributed by atoms with E-state index < -0.39 is 6.16 Å². The summed E-state index contributed by atoms with van der Waals surface area (Å²) in [6, 6.07) is 9.62. The van der Waals surface area contributed by atoms with E-state index in [1.807, 2.05) is 30.3 Å². The molecule has 0 radical (unpaired) electrons. The van der Waals surface area contributed by atoms with Crippen LogP contribution in [0.4, 0.5) is 4.79 Å². The Morgan fingerprint density at radius 3 is 2.46 bits per heavy atom. The van der Waals surface area contributed by atoms with Crippen LogP contribution >= 0.6 is 0 Å². The molecule has 4 N–H and O–H groups in total. The number of benzene rings is 1. The fraction of sp³-hybridized carbons (Fsp3) is 0.222. The van der Waals surface area contributed by atoms with E-state index in [2.05, 4.69) is 4.74 Å². The molecule has 0 bridgehead atoms. The highest BCUT2D eigenvalue weighted by Gasteiger charge is 1.96. The van der Waals surface area contributed by atoms with Crippen molar-refractivity contribution in [2.75, 3.05) is 6.61 Å². The molecule has 0 spiro atoms. The molecular formula is C9H13NO3. The van der Waals surface area contributed by atoms with Gasteiger partial charge in [0.2, 0.25) is 0 Å². The van der Waals surface area contributed by atoms with Crippen molar-refractivity contribution in [3.63, 3.8) is 0 Å². The average molecular weight is 183 g/mol. The van der Waals surface area contributed by atoms with Gasteiger partial charge in [-0.1, -0.05) is 30.3 Å². The van der Waals surface area contributed by atoms with Gasteiger partial charge in [0.1, 0.15) is 0 Å². The molecule has 0 fully saturated rings. The summed E-state index contributed by atoms with van der Waals surface area (Å²) >= 11 is 0. The normalized spacial score (nSPS) is 8.62. The predicted octanol–water partition coefficient (Wildman–Crippen LogP) is 2.09. The Labute approximate surface area is 76.7 Å². The molecule has 0 aliphatic carbocycles. The number of hydrogen-bond acceptors (Lipinski definition) is 3. The average Bonchev–Trinajstić information content (AvgIpc) is 2.05. The summed E-state index contributed by atoms with van der Waals surface area (Å²) in [7, 11) is 0. The van der Waals surface area contributed by atoms with Crippen LogP contribution in [0.1, 0.15) is 5.56 Å². The molecule has 13 heavy (non-hydrogen) atoms. The topological polar surface area (TPSA) is 81.5 Å². The van der Waals surface area contributed by atoms with Crippen molar-refractivity contribution in [1.82, 2.24) is 6.15 Å². The van der Waals surface area contributed by atoms with Crippen LogP contribution in [0.2, 0.25) is 0 Å². The molecule has 0 saturated heterocycles. The molecule has 72 valence electrons. The van der Waals surface area contributed by atoms with E-state index >= 15 is 0 Å². The number of hydrogen-bond donors (Lipinski definition) is 2. The number of rotatable bonds is 3. The lowest BCUT2D eigenvalue weighted by molar-refractivity contribution is 0.0927. The Bertz CT molecular complexity index is 248. The first kappa shape index (κ1) is 11.4. The van der Waals surface area contributed by atoms with Crippen molar-refractivity contribution in [3.05, 3.63) is 35.9 Å². The van der Waals surface area contributed by atoms with Crippen molar-refractivity contribution >= 4 is 6.16 Å². The van der Waals surface area contributed by atoms with E-state index in [4.69, 9.17) is 5.11 Å². The lowest BCUT2D eigenvalue weighted by Crippen LogP contribution is -2.03. The summed E-state index contributed by atoms with van der Waals surface area (Å²) in [6.45, 7) is 0.222. The van der Waals surface area contributed by atoms with Gasteiger partial charge in [-0.2, -0.15) is 0 Å². The molecule has 1 aromatic rings. The second-order valence-electron chi connectivity index (χ2n) is 2.35. The largest absolute Gasteiger partial charge is 0.505 e. The molecule has 4 heteroatoms. The van der Waals surface area contributed by atoms with Gasteiger partial charge in [0.25, 0.3) is 0 Å². The third-order valence-electron chi connectivity index (χ3n) is 1.46. The summed E-state index contributed by atoms with van der Waals surface area (Å²) in [4.78, 5) is 9.97. The minimum absolute atomic E-state index is 0. The minimum atomic E-state index is -1.22. The van der Waals surface area contributed by atoms with Gasteiger partial charge in [0, 0.05) is 6.42 Å². The smallest absolute Gasteiger partial charge is 0.450 e. The Kier molecular flexibility index (Phi) is 5.30. The molecule has 0 aliphatic heterocycles. The van der Waals surface area contributed by atoms with Crippen molar-refractivity contribution in [1.29, 1.82) is 0 Å². The van der Waals surface area contributed by atoms with Gasteiger partial charge in [0.05, 0.1) is 6.61 Å². The second kappa shape index (κ2) is 6.02. The van der Waals surface area contributed by atoms with Crippen LogP contribution in [-0.2, 0) is 11.2 Å². The molecule has 0 amide bonds. The van der Waals surface area contributed by atoms with Gasteiger partial charge in [-0.15, -0.1) is 0 Å². The van der Waals surface area contributed by atoms with Gasteiger partial charge in [-0.3, -0.25) is 0 Å². The van der Waals surface area contributed by atoms with Crippen molar-refractivity contribution in [2.24, 2.45) is 0 Å². The van der Waals surface area contributed by atoms with E-state index in [0.29, 0.717) is 6.42 Å². The summed E-state index contributed by atoms with van der Waals surface area (Å²) in [5.41, 5.74) is 1.08. The highest BCUT2D eigenvalue weighted by Crippen LogP contribution is 1.99. The molecule has 4 nitrogen and oxygen atoms in total. The van der Waals surface area contributed by atoms with Crippen molar-refractivity contribution in [2.45, 2.75) is 6.42 Å². The quantitative estimate of drug-likeness (QED) is 0.703. The van der Waals surface area contributed by atoms with E-state index in [1.165, 1.54) is 0 Å². The molecular weight excluding hydrogens is 170 g/mol. The highest BCUT2D eigenvalue weighted by atomic mass is 16.7. The van der Waals surface area contributed by atoms with E-state index in [9.17, 15) is 4.79 Å². The van der Waals surface area contributed by atoms with Crippen LogP contribution in [-0.4, -0.2) is 17.9 Å². The van der Waals surface area contributed by atoms with E-state index in [-0.39, 0.29) is 12.8 Å². The molecule has 0 unspecified atom stereocenters. The summed E-state index contributed by atoms with van der Waals surface area (Å²) in [5.74, 6) is 0. The zero-order valence-corrected chi connectivity index (χ0v) is 7.27. The van der Waals surface area contributed by atoms with Crippen LogP contribution in [0.25, 0.3) is 0 Å². The molecule has 1 rings (SSSR count). The lowest BCUT2D eigenvalue weighted by atomic mass is 10.2. The molecule has 0 saturated carbocycles. The third-order valence-corrected chi connectivity index (χ3v) is 1.46. The van der Waals surface area contributed by atoms with Gasteiger partial charge in [-0.25, -0.2) is 4.79 Å². The Hall–Kier alpha value is -1.55. The van der Waals surface area contributed by atoms with Crippen molar-refractivity contribution in [3.8, 4) is 0 Å². The number of carboxylic acid groups (broad SMARTS) is 1.